The number of morpholine rings is 1. The van der Waals surface area contributed by atoms with Crippen molar-refractivity contribution in [2.24, 2.45) is 0 Å². The molecule has 144 valence electrons. The Morgan fingerprint density at radius 2 is 1.96 bits per heavy atom. The Hall–Kier alpha value is -2.29. The van der Waals surface area contributed by atoms with Crippen LogP contribution in [0.3, 0.4) is 0 Å². The van der Waals surface area contributed by atoms with Crippen molar-refractivity contribution in [1.82, 2.24) is 14.6 Å². The van der Waals surface area contributed by atoms with E-state index in [0.717, 1.165) is 5.69 Å². The molecule has 2 aromatic rings. The van der Waals surface area contributed by atoms with Gasteiger partial charge in [0.05, 0.1) is 18.1 Å². The molecule has 0 unspecified atom stereocenters. The van der Waals surface area contributed by atoms with Gasteiger partial charge in [0, 0.05) is 37.1 Å². The Balaban J connectivity index is 1.59. The van der Waals surface area contributed by atoms with Crippen LogP contribution in [0.25, 0.3) is 0 Å². The molecule has 1 aliphatic rings. The fourth-order valence-corrected chi connectivity index (χ4v) is 3.97. The van der Waals surface area contributed by atoms with Crippen molar-refractivity contribution in [2.45, 2.75) is 17.7 Å². The molecule has 2 heterocycles. The van der Waals surface area contributed by atoms with Crippen LogP contribution < -0.4 is 4.72 Å². The maximum atomic E-state index is 12.5. The van der Waals surface area contributed by atoms with E-state index >= 15 is 0 Å². The van der Waals surface area contributed by atoms with E-state index in [4.69, 9.17) is 4.74 Å². The van der Waals surface area contributed by atoms with Gasteiger partial charge in [0.25, 0.3) is 5.91 Å². The van der Waals surface area contributed by atoms with Gasteiger partial charge in [0.2, 0.25) is 10.0 Å². The summed E-state index contributed by atoms with van der Waals surface area (Å²) in [5.41, 5.74) is 1.29. The van der Waals surface area contributed by atoms with Crippen molar-refractivity contribution in [3.63, 3.8) is 0 Å². The van der Waals surface area contributed by atoms with Crippen LogP contribution in [0.5, 0.6) is 0 Å². The molecule has 1 aliphatic heterocycles. The van der Waals surface area contributed by atoms with Crippen LogP contribution in [-0.4, -0.2) is 57.1 Å². The highest BCUT2D eigenvalue weighted by Gasteiger charge is 2.21. The lowest BCUT2D eigenvalue weighted by Gasteiger charge is -2.27. The number of aryl methyl sites for hydroxylation is 1. The molecule has 27 heavy (non-hydrogen) atoms. The largest absolute Gasteiger partial charge is 0.378 e. The Morgan fingerprint density at radius 1 is 1.15 bits per heavy atom. The molecule has 3 rings (SSSR count). The number of carbonyl (C=O) groups excluding carboxylic acids is 1. The molecule has 0 saturated carbocycles. The number of nitrogens with one attached hydrogen (secondary N) is 1. The van der Waals surface area contributed by atoms with Gasteiger partial charge in [-0.25, -0.2) is 13.1 Å². The van der Waals surface area contributed by atoms with Gasteiger partial charge in [-0.3, -0.25) is 9.78 Å². The van der Waals surface area contributed by atoms with Crippen molar-refractivity contribution in [1.29, 1.82) is 0 Å². The Morgan fingerprint density at radius 3 is 2.70 bits per heavy atom. The number of nitrogens with zero attached hydrogens (tertiary/aromatic N) is 2. The maximum Gasteiger partial charge on any atom is 0.254 e. The molecule has 8 heteroatoms. The first-order valence-electron chi connectivity index (χ1n) is 8.93. The molecular weight excluding hydrogens is 366 g/mol. The molecule has 0 bridgehead atoms. The molecule has 0 aliphatic carbocycles. The fourth-order valence-electron chi connectivity index (χ4n) is 2.85. The van der Waals surface area contributed by atoms with Gasteiger partial charge in [-0.15, -0.1) is 0 Å². The van der Waals surface area contributed by atoms with Crippen LogP contribution in [0.4, 0.5) is 0 Å². The third kappa shape index (κ3) is 5.35. The van der Waals surface area contributed by atoms with E-state index in [-0.39, 0.29) is 10.8 Å². The summed E-state index contributed by atoms with van der Waals surface area (Å²) in [6.07, 6.45) is 3.05. The average molecular weight is 389 g/mol. The van der Waals surface area contributed by atoms with Gasteiger partial charge in [-0.05, 0) is 43.2 Å². The summed E-state index contributed by atoms with van der Waals surface area (Å²) in [6, 6.07) is 11.8. The molecule has 1 aromatic heterocycles. The van der Waals surface area contributed by atoms with Gasteiger partial charge in [-0.2, -0.15) is 0 Å². The summed E-state index contributed by atoms with van der Waals surface area (Å²) >= 11 is 0. The van der Waals surface area contributed by atoms with E-state index < -0.39 is 10.0 Å². The first-order chi connectivity index (χ1) is 13.1. The molecule has 1 saturated heterocycles. The predicted octanol–water partition coefficient (Wildman–Crippen LogP) is 1.47. The zero-order chi connectivity index (χ0) is 19.1. The highest BCUT2D eigenvalue weighted by Crippen LogP contribution is 2.14. The number of benzene rings is 1. The monoisotopic (exact) mass is 389 g/mol. The quantitative estimate of drug-likeness (QED) is 0.725. The van der Waals surface area contributed by atoms with Crippen molar-refractivity contribution < 1.29 is 17.9 Å². The molecule has 0 radical (unpaired) electrons. The van der Waals surface area contributed by atoms with E-state index in [1.807, 2.05) is 18.2 Å². The van der Waals surface area contributed by atoms with Gasteiger partial charge in [0.1, 0.15) is 0 Å². The van der Waals surface area contributed by atoms with E-state index in [0.29, 0.717) is 51.3 Å². The number of aromatic nitrogens is 1. The number of amides is 1. The summed E-state index contributed by atoms with van der Waals surface area (Å²) in [6.45, 7) is 2.34. The molecular formula is C19H23N3O4S. The minimum atomic E-state index is -3.67. The smallest absolute Gasteiger partial charge is 0.254 e. The Labute approximate surface area is 159 Å². The number of sulfonamides is 1. The lowest BCUT2D eigenvalue weighted by molar-refractivity contribution is 0.0302. The first-order valence-corrected chi connectivity index (χ1v) is 10.4. The normalized spacial score (nSPS) is 14.9. The summed E-state index contributed by atoms with van der Waals surface area (Å²) in [4.78, 5) is 18.5. The molecule has 0 spiro atoms. The zero-order valence-corrected chi connectivity index (χ0v) is 15.8. The van der Waals surface area contributed by atoms with Crippen LogP contribution in [0, 0.1) is 0 Å². The van der Waals surface area contributed by atoms with Crippen molar-refractivity contribution in [2.75, 3.05) is 32.8 Å². The average Bonchev–Trinajstić information content (AvgIpc) is 2.72. The van der Waals surface area contributed by atoms with Crippen LogP contribution in [0.1, 0.15) is 22.5 Å². The SMILES string of the molecule is O=C(c1cccc(S(=O)(=O)NCCCc2ccccn2)c1)N1CCOCC1. The second-order valence-corrected chi connectivity index (χ2v) is 8.02. The lowest BCUT2D eigenvalue weighted by Crippen LogP contribution is -2.40. The number of pyridine rings is 1. The second kappa shape index (κ2) is 9.07. The van der Waals surface area contributed by atoms with Crippen molar-refractivity contribution >= 4 is 15.9 Å². The van der Waals surface area contributed by atoms with E-state index in [1.165, 1.54) is 12.1 Å². The van der Waals surface area contributed by atoms with Gasteiger partial charge in [0.15, 0.2) is 0 Å². The number of carbonyl (C=O) groups is 1. The molecule has 7 nitrogen and oxygen atoms in total. The standard InChI is InChI=1S/C19H23N3O4S/c23-19(22-11-13-26-14-12-22)16-5-3-8-18(15-16)27(24,25)21-10-4-7-17-6-1-2-9-20-17/h1-3,5-6,8-9,15,21H,4,7,10-14H2. The third-order valence-electron chi connectivity index (χ3n) is 4.32. The number of hydrogen-bond acceptors (Lipinski definition) is 5. The molecule has 1 aromatic carbocycles. The fraction of sp³-hybridized carbons (Fsp3) is 0.368. The van der Waals surface area contributed by atoms with Crippen molar-refractivity contribution in [3.05, 3.63) is 59.9 Å². The van der Waals surface area contributed by atoms with E-state index in [2.05, 4.69) is 9.71 Å². The van der Waals surface area contributed by atoms with Gasteiger partial charge in [-0.1, -0.05) is 12.1 Å². The predicted molar refractivity (Wildman–Crippen MR) is 101 cm³/mol. The van der Waals surface area contributed by atoms with E-state index in [1.54, 1.807) is 23.2 Å². The molecule has 1 N–H and O–H groups in total. The van der Waals surface area contributed by atoms with Crippen LogP contribution in [-0.2, 0) is 21.2 Å². The van der Waals surface area contributed by atoms with Crippen LogP contribution in [0.15, 0.2) is 53.6 Å². The van der Waals surface area contributed by atoms with Crippen molar-refractivity contribution in [3.8, 4) is 0 Å². The second-order valence-electron chi connectivity index (χ2n) is 6.25. The van der Waals surface area contributed by atoms with Gasteiger partial charge >= 0.3 is 0 Å². The Kier molecular flexibility index (Phi) is 6.54. The molecule has 1 amide bonds. The zero-order valence-electron chi connectivity index (χ0n) is 15.0. The summed E-state index contributed by atoms with van der Waals surface area (Å²) in [5.74, 6) is -0.175. The van der Waals surface area contributed by atoms with E-state index in [9.17, 15) is 13.2 Å². The van der Waals surface area contributed by atoms with Gasteiger partial charge < -0.3 is 9.64 Å². The first kappa shape index (κ1) is 19.5. The lowest BCUT2D eigenvalue weighted by atomic mass is 10.2. The number of rotatable bonds is 7. The molecule has 0 atom stereocenters. The van der Waals surface area contributed by atoms with Crippen LogP contribution >= 0.6 is 0 Å². The summed E-state index contributed by atoms with van der Waals surface area (Å²) < 4.78 is 32.9. The summed E-state index contributed by atoms with van der Waals surface area (Å²) in [5, 5.41) is 0. The minimum absolute atomic E-state index is 0.0967. The minimum Gasteiger partial charge on any atom is -0.378 e. The Bertz CT molecular complexity index is 866. The number of ether oxygens (including phenoxy) is 1. The topological polar surface area (TPSA) is 88.6 Å². The highest BCUT2D eigenvalue weighted by molar-refractivity contribution is 7.89. The maximum absolute atomic E-state index is 12.5. The van der Waals surface area contributed by atoms with Crippen LogP contribution in [0.2, 0.25) is 0 Å². The third-order valence-corrected chi connectivity index (χ3v) is 5.78. The summed E-state index contributed by atoms with van der Waals surface area (Å²) in [7, 11) is -3.67. The molecule has 1 fully saturated rings. The highest BCUT2D eigenvalue weighted by atomic mass is 32.2. The number of hydrogen-bond donors (Lipinski definition) is 1.